The van der Waals surface area contributed by atoms with Crippen molar-refractivity contribution in [2.45, 2.75) is 40.5 Å². The third kappa shape index (κ3) is 4.46. The molecule has 0 radical (unpaired) electrons. The quantitative estimate of drug-likeness (QED) is 0.306. The molecule has 0 bridgehead atoms. The summed E-state index contributed by atoms with van der Waals surface area (Å²) in [5, 5.41) is 0. The molecule has 4 rings (SSSR count). The molecule has 0 nitrogen and oxygen atoms in total. The Morgan fingerprint density at radius 3 is 1.53 bits per heavy atom. The lowest BCUT2D eigenvalue weighted by Crippen LogP contribution is -2.04. The number of aryl methyl sites for hydroxylation is 3. The first kappa shape index (κ1) is 21.8. The van der Waals surface area contributed by atoms with Crippen molar-refractivity contribution < 1.29 is 0 Å². The molecule has 0 aromatic heterocycles. The molecule has 4 aromatic rings. The predicted octanol–water partition coefficient (Wildman–Crippen LogP) is 8.49. The third-order valence-corrected chi connectivity index (χ3v) is 6.65. The zero-order valence-corrected chi connectivity index (χ0v) is 19.8. The Kier molecular flexibility index (Phi) is 6.42. The van der Waals surface area contributed by atoms with E-state index in [1.807, 2.05) is 0 Å². The Morgan fingerprint density at radius 1 is 0.594 bits per heavy atom. The van der Waals surface area contributed by atoms with Crippen molar-refractivity contribution in [2.75, 3.05) is 0 Å². The van der Waals surface area contributed by atoms with Crippen molar-refractivity contribution in [1.29, 1.82) is 0 Å². The minimum absolute atomic E-state index is 0.174. The summed E-state index contributed by atoms with van der Waals surface area (Å²) in [6.45, 7) is 11.1. The van der Waals surface area contributed by atoms with Gasteiger partial charge in [0.2, 0.25) is 0 Å². The van der Waals surface area contributed by atoms with E-state index in [0.29, 0.717) is 0 Å². The summed E-state index contributed by atoms with van der Waals surface area (Å²) in [6, 6.07) is 33.0. The second-order valence-corrected chi connectivity index (χ2v) is 8.88. The largest absolute Gasteiger partial charge is 0.0641 e. The number of hydrogen-bond donors (Lipinski definition) is 0. The maximum atomic E-state index is 2.48. The summed E-state index contributed by atoms with van der Waals surface area (Å²) in [6.07, 6.45) is 2.48. The van der Waals surface area contributed by atoms with Crippen molar-refractivity contribution in [3.63, 3.8) is 0 Å². The van der Waals surface area contributed by atoms with Crippen molar-refractivity contribution in [1.82, 2.24) is 0 Å². The summed E-state index contributed by atoms with van der Waals surface area (Å²) in [7, 11) is 0. The summed E-state index contributed by atoms with van der Waals surface area (Å²) in [5.74, 6) is 0.174. The van der Waals surface area contributed by atoms with Gasteiger partial charge >= 0.3 is 0 Å². The highest BCUT2D eigenvalue weighted by Gasteiger charge is 2.19. The highest BCUT2D eigenvalue weighted by atomic mass is 14.2. The smallest absolute Gasteiger partial charge is 0.0278 e. The fraction of sp³-hybridized carbons (Fsp3) is 0.188. The third-order valence-electron chi connectivity index (χ3n) is 6.65. The van der Waals surface area contributed by atoms with E-state index in [9.17, 15) is 0 Å². The second-order valence-electron chi connectivity index (χ2n) is 8.88. The highest BCUT2D eigenvalue weighted by molar-refractivity contribution is 5.85. The van der Waals surface area contributed by atoms with E-state index in [1.165, 1.54) is 55.6 Å². The highest BCUT2D eigenvalue weighted by Crippen LogP contribution is 2.37. The van der Waals surface area contributed by atoms with Crippen molar-refractivity contribution in [3.05, 3.63) is 147 Å². The molecule has 0 atom stereocenters. The lowest BCUT2D eigenvalue weighted by atomic mass is 9.82. The topological polar surface area (TPSA) is 0 Å². The van der Waals surface area contributed by atoms with Gasteiger partial charge in [0.1, 0.15) is 0 Å². The number of hydrogen-bond acceptors (Lipinski definition) is 0. The molecule has 0 heteroatoms. The molecule has 4 aromatic carbocycles. The van der Waals surface area contributed by atoms with Gasteiger partial charge in [0, 0.05) is 5.92 Å². The van der Waals surface area contributed by atoms with Crippen LogP contribution in [0.15, 0.2) is 97.1 Å². The van der Waals surface area contributed by atoms with E-state index >= 15 is 0 Å². The number of rotatable bonds is 5. The molecule has 0 heterocycles. The van der Waals surface area contributed by atoms with Gasteiger partial charge in [-0.1, -0.05) is 103 Å². The molecule has 0 fully saturated rings. The van der Waals surface area contributed by atoms with Crippen LogP contribution in [0.5, 0.6) is 0 Å². The minimum atomic E-state index is 0.174. The molecule has 0 aliphatic heterocycles. The zero-order chi connectivity index (χ0) is 22.7. The number of benzene rings is 4. The number of allylic oxidation sites excluding steroid dienone is 1. The molecule has 0 spiro atoms. The van der Waals surface area contributed by atoms with E-state index in [1.54, 1.807) is 0 Å². The lowest BCUT2D eigenvalue weighted by molar-refractivity contribution is 1.03. The molecular formula is C32H32. The zero-order valence-electron chi connectivity index (χ0n) is 19.8. The Balaban J connectivity index is 2.02. The van der Waals surface area contributed by atoms with Crippen LogP contribution in [-0.4, -0.2) is 0 Å². The Labute approximate surface area is 193 Å². The van der Waals surface area contributed by atoms with Crippen LogP contribution in [0.4, 0.5) is 0 Å². The Bertz CT molecular complexity index is 1160. The van der Waals surface area contributed by atoms with E-state index < -0.39 is 0 Å². The lowest BCUT2D eigenvalue weighted by Gasteiger charge is -2.22. The molecule has 0 aliphatic rings. The first-order chi connectivity index (χ1) is 15.5. The van der Waals surface area contributed by atoms with E-state index in [0.717, 1.165) is 0 Å². The summed E-state index contributed by atoms with van der Waals surface area (Å²) < 4.78 is 0. The van der Waals surface area contributed by atoms with Crippen LogP contribution < -0.4 is 0 Å². The molecule has 160 valence electrons. The molecule has 0 N–H and O–H groups in total. The van der Waals surface area contributed by atoms with Gasteiger partial charge in [-0.15, -0.1) is 0 Å². The summed E-state index contributed by atoms with van der Waals surface area (Å²) in [4.78, 5) is 0. The summed E-state index contributed by atoms with van der Waals surface area (Å²) >= 11 is 0. The molecule has 0 unspecified atom stereocenters. The SMILES string of the molecule is Cc1ccc(/C(=C/C(c2ccccc2)c2ccccc2)c2c(C)c(C)cc(C)c2C)cc1. The summed E-state index contributed by atoms with van der Waals surface area (Å²) in [5.41, 5.74) is 13.3. The van der Waals surface area contributed by atoms with E-state index in [-0.39, 0.29) is 5.92 Å². The maximum Gasteiger partial charge on any atom is 0.0278 e. The molecule has 0 amide bonds. The molecule has 32 heavy (non-hydrogen) atoms. The van der Waals surface area contributed by atoms with Gasteiger partial charge in [0.15, 0.2) is 0 Å². The second kappa shape index (κ2) is 9.40. The Morgan fingerprint density at radius 2 is 1.06 bits per heavy atom. The van der Waals surface area contributed by atoms with Gasteiger partial charge in [-0.05, 0) is 84.7 Å². The van der Waals surface area contributed by atoms with Crippen molar-refractivity contribution in [3.8, 4) is 0 Å². The average molecular weight is 417 g/mol. The van der Waals surface area contributed by atoms with Crippen LogP contribution in [0.1, 0.15) is 56.0 Å². The normalized spacial score (nSPS) is 11.8. The van der Waals surface area contributed by atoms with Gasteiger partial charge in [0.25, 0.3) is 0 Å². The van der Waals surface area contributed by atoms with Gasteiger partial charge < -0.3 is 0 Å². The standard InChI is InChI=1S/C32H32/c1-22-16-18-29(19-17-22)31(32-25(4)23(2)20-24(3)26(32)5)21-30(27-12-8-6-9-13-27)28-14-10-7-11-15-28/h6-21,30H,1-5H3/b31-21-. The maximum absolute atomic E-state index is 2.48. The fourth-order valence-electron chi connectivity index (χ4n) is 4.55. The van der Waals surface area contributed by atoms with Gasteiger partial charge in [-0.25, -0.2) is 0 Å². The van der Waals surface area contributed by atoms with E-state index in [4.69, 9.17) is 0 Å². The van der Waals surface area contributed by atoms with Gasteiger partial charge in [-0.2, -0.15) is 0 Å². The monoisotopic (exact) mass is 416 g/mol. The molecule has 0 saturated heterocycles. The minimum Gasteiger partial charge on any atom is -0.0641 e. The van der Waals surface area contributed by atoms with Crippen LogP contribution in [-0.2, 0) is 0 Å². The fourth-order valence-corrected chi connectivity index (χ4v) is 4.55. The van der Waals surface area contributed by atoms with Crippen LogP contribution in [0.2, 0.25) is 0 Å². The molecular weight excluding hydrogens is 384 g/mol. The first-order valence-corrected chi connectivity index (χ1v) is 11.4. The van der Waals surface area contributed by atoms with Crippen LogP contribution >= 0.6 is 0 Å². The van der Waals surface area contributed by atoms with E-state index in [2.05, 4.69) is 132 Å². The molecule has 0 aliphatic carbocycles. The van der Waals surface area contributed by atoms with Crippen molar-refractivity contribution >= 4 is 5.57 Å². The van der Waals surface area contributed by atoms with Crippen LogP contribution in [0.25, 0.3) is 5.57 Å². The molecule has 0 saturated carbocycles. The van der Waals surface area contributed by atoms with Crippen molar-refractivity contribution in [2.24, 2.45) is 0 Å². The Hall–Kier alpha value is -3.38. The average Bonchev–Trinajstić information content (AvgIpc) is 2.82. The first-order valence-electron chi connectivity index (χ1n) is 11.4. The van der Waals surface area contributed by atoms with Gasteiger partial charge in [0.05, 0.1) is 0 Å². The predicted molar refractivity (Wildman–Crippen MR) is 138 cm³/mol. The van der Waals surface area contributed by atoms with Crippen LogP contribution in [0, 0.1) is 34.6 Å². The van der Waals surface area contributed by atoms with Gasteiger partial charge in [-0.3, -0.25) is 0 Å². The van der Waals surface area contributed by atoms with Crippen LogP contribution in [0.3, 0.4) is 0 Å².